The van der Waals surface area contributed by atoms with Crippen molar-refractivity contribution in [3.8, 4) is 11.5 Å². The van der Waals surface area contributed by atoms with Gasteiger partial charge in [-0.25, -0.2) is 9.67 Å². The molecule has 1 aliphatic rings. The molecule has 1 aromatic carbocycles. The minimum Gasteiger partial charge on any atom is -0.493 e. The van der Waals surface area contributed by atoms with Crippen LogP contribution < -0.4 is 14.8 Å². The van der Waals surface area contributed by atoms with E-state index in [9.17, 15) is 4.79 Å². The molecule has 0 aliphatic heterocycles. The second kappa shape index (κ2) is 7.63. The molecule has 1 N–H and O–H groups in total. The van der Waals surface area contributed by atoms with Crippen LogP contribution in [0.4, 0.5) is 5.82 Å². The maximum atomic E-state index is 12.8. The highest BCUT2D eigenvalue weighted by Crippen LogP contribution is 2.42. The number of ether oxygens (including phenoxy) is 2. The van der Waals surface area contributed by atoms with Crippen molar-refractivity contribution in [2.24, 2.45) is 0 Å². The molecule has 1 saturated carbocycles. The summed E-state index contributed by atoms with van der Waals surface area (Å²) in [6.45, 7) is 2.43. The zero-order chi connectivity index (χ0) is 19.7. The quantitative estimate of drug-likeness (QED) is 0.654. The number of methoxy groups -OCH3 is 2. The van der Waals surface area contributed by atoms with E-state index in [0.29, 0.717) is 34.7 Å². The van der Waals surface area contributed by atoms with Gasteiger partial charge in [0.25, 0.3) is 5.91 Å². The summed E-state index contributed by atoms with van der Waals surface area (Å²) in [4.78, 5) is 17.9. The van der Waals surface area contributed by atoms with Crippen LogP contribution >= 0.6 is 11.3 Å². The zero-order valence-corrected chi connectivity index (χ0v) is 16.9. The van der Waals surface area contributed by atoms with Gasteiger partial charge in [-0.3, -0.25) is 4.79 Å². The van der Waals surface area contributed by atoms with Crippen LogP contribution in [0, 0.1) is 6.92 Å². The number of aromatic nitrogens is 3. The van der Waals surface area contributed by atoms with Gasteiger partial charge < -0.3 is 14.8 Å². The van der Waals surface area contributed by atoms with E-state index in [4.69, 9.17) is 9.47 Å². The summed E-state index contributed by atoms with van der Waals surface area (Å²) in [5.41, 5.74) is 4.57. The van der Waals surface area contributed by atoms with E-state index in [2.05, 4.69) is 15.4 Å². The van der Waals surface area contributed by atoms with Crippen molar-refractivity contribution < 1.29 is 14.3 Å². The van der Waals surface area contributed by atoms with Crippen LogP contribution in [0.5, 0.6) is 11.5 Å². The minimum atomic E-state index is -0.124. The van der Waals surface area contributed by atoms with E-state index in [1.54, 1.807) is 30.6 Å². The second-order valence-corrected chi connectivity index (χ2v) is 7.67. The molecule has 28 heavy (non-hydrogen) atoms. The van der Waals surface area contributed by atoms with Gasteiger partial charge in [-0.05, 0) is 37.5 Å². The van der Waals surface area contributed by atoms with Gasteiger partial charge >= 0.3 is 0 Å². The average molecular weight is 398 g/mol. The Morgan fingerprint density at radius 2 is 2.07 bits per heavy atom. The summed E-state index contributed by atoms with van der Waals surface area (Å²) in [5.74, 6) is 2.34. The van der Waals surface area contributed by atoms with Crippen molar-refractivity contribution in [3.63, 3.8) is 0 Å². The predicted molar refractivity (Wildman–Crippen MR) is 108 cm³/mol. The monoisotopic (exact) mass is 398 g/mol. The first-order chi connectivity index (χ1) is 13.6. The number of carbonyl (C=O) groups is 1. The highest BCUT2D eigenvalue weighted by Gasteiger charge is 2.31. The Bertz CT molecular complexity index is 1010. The van der Waals surface area contributed by atoms with E-state index >= 15 is 0 Å². The molecule has 1 fully saturated rings. The van der Waals surface area contributed by atoms with Crippen LogP contribution in [0.3, 0.4) is 0 Å². The number of carbonyl (C=O) groups excluding carboxylic acids is 1. The van der Waals surface area contributed by atoms with Crippen LogP contribution in [0.1, 0.15) is 45.3 Å². The molecule has 8 heteroatoms. The lowest BCUT2D eigenvalue weighted by Gasteiger charge is -2.12. The fourth-order valence-electron chi connectivity index (χ4n) is 3.15. The first-order valence-corrected chi connectivity index (χ1v) is 9.96. The van der Waals surface area contributed by atoms with Crippen molar-refractivity contribution in [1.29, 1.82) is 0 Å². The number of aryl methyl sites for hydroxylation is 1. The summed E-state index contributed by atoms with van der Waals surface area (Å²) in [5, 5.41) is 7.46. The molecule has 0 saturated heterocycles. The molecule has 3 aromatic rings. The van der Waals surface area contributed by atoms with Gasteiger partial charge in [0.1, 0.15) is 10.7 Å². The molecule has 146 valence electrons. The summed E-state index contributed by atoms with van der Waals surface area (Å²) in [6, 6.07) is 5.73. The van der Waals surface area contributed by atoms with Gasteiger partial charge in [0.15, 0.2) is 11.5 Å². The average Bonchev–Trinajstić information content (AvgIpc) is 3.34. The summed E-state index contributed by atoms with van der Waals surface area (Å²) in [7, 11) is 3.22. The molecular formula is C20H22N4O3S. The van der Waals surface area contributed by atoms with Gasteiger partial charge in [0.05, 0.1) is 38.2 Å². The molecule has 0 radical (unpaired) electrons. The Balaban J connectivity index is 1.56. The fourth-order valence-corrected chi connectivity index (χ4v) is 3.92. The summed E-state index contributed by atoms with van der Waals surface area (Å²) in [6.07, 6.45) is 3.98. The van der Waals surface area contributed by atoms with Gasteiger partial charge in [0.2, 0.25) is 0 Å². The van der Waals surface area contributed by atoms with Gasteiger partial charge in [-0.2, -0.15) is 5.10 Å². The summed E-state index contributed by atoms with van der Waals surface area (Å²) >= 11 is 1.39. The molecule has 1 amide bonds. The van der Waals surface area contributed by atoms with E-state index in [1.807, 2.05) is 25.1 Å². The normalized spacial score (nSPS) is 13.4. The van der Waals surface area contributed by atoms with E-state index < -0.39 is 0 Å². The van der Waals surface area contributed by atoms with E-state index in [-0.39, 0.29) is 5.91 Å². The number of hydrogen-bond donors (Lipinski definition) is 1. The molecule has 2 aromatic heterocycles. The van der Waals surface area contributed by atoms with E-state index in [0.717, 1.165) is 29.7 Å². The zero-order valence-electron chi connectivity index (χ0n) is 16.1. The topological polar surface area (TPSA) is 78.3 Å². The third-order valence-corrected chi connectivity index (χ3v) is 5.64. The summed E-state index contributed by atoms with van der Waals surface area (Å²) < 4.78 is 12.4. The van der Waals surface area contributed by atoms with Gasteiger partial charge in [0, 0.05) is 11.5 Å². The molecule has 0 atom stereocenters. The van der Waals surface area contributed by atoms with E-state index in [1.165, 1.54) is 11.3 Å². The highest BCUT2D eigenvalue weighted by molar-refractivity contribution is 7.12. The standard InChI is InChI=1S/C20H22N4O3S/c1-12-9-22-24(10-13-4-7-15(26-2)16(8-13)27-3)19(12)23-20(25)18-17(14-5-6-14)21-11-28-18/h4,7-9,11,14H,5-6,10H2,1-3H3,(H,23,25). The largest absolute Gasteiger partial charge is 0.493 e. The lowest BCUT2D eigenvalue weighted by molar-refractivity contribution is 0.102. The van der Waals surface area contributed by atoms with Gasteiger partial charge in [-0.1, -0.05) is 6.07 Å². The maximum absolute atomic E-state index is 12.8. The van der Waals surface area contributed by atoms with Crippen molar-refractivity contribution in [1.82, 2.24) is 14.8 Å². The number of hydrogen-bond acceptors (Lipinski definition) is 6. The fraction of sp³-hybridized carbons (Fsp3) is 0.350. The lowest BCUT2D eigenvalue weighted by atomic mass is 10.2. The first-order valence-electron chi connectivity index (χ1n) is 9.08. The molecule has 4 rings (SSSR count). The molecule has 2 heterocycles. The molecular weight excluding hydrogens is 376 g/mol. The van der Waals surface area contributed by atoms with Crippen LogP contribution in [0.15, 0.2) is 29.9 Å². The van der Waals surface area contributed by atoms with Crippen LogP contribution in [0.2, 0.25) is 0 Å². The Morgan fingerprint density at radius 1 is 1.29 bits per heavy atom. The van der Waals surface area contributed by atoms with Crippen molar-refractivity contribution in [2.75, 3.05) is 19.5 Å². The SMILES string of the molecule is COc1ccc(Cn2ncc(C)c2NC(=O)c2scnc2C2CC2)cc1OC. The maximum Gasteiger partial charge on any atom is 0.268 e. The van der Waals surface area contributed by atoms with Crippen LogP contribution in [-0.2, 0) is 6.54 Å². The third kappa shape index (κ3) is 3.60. The Kier molecular flexibility index (Phi) is 5.04. The lowest BCUT2D eigenvalue weighted by Crippen LogP contribution is -2.17. The number of thiazole rings is 1. The van der Waals surface area contributed by atoms with Gasteiger partial charge in [-0.15, -0.1) is 11.3 Å². The number of benzene rings is 1. The Labute approximate surface area is 167 Å². The number of anilines is 1. The highest BCUT2D eigenvalue weighted by atomic mass is 32.1. The first kappa shape index (κ1) is 18.5. The molecule has 7 nitrogen and oxygen atoms in total. The second-order valence-electron chi connectivity index (χ2n) is 6.82. The van der Waals surface area contributed by atoms with Crippen molar-refractivity contribution >= 4 is 23.1 Å². The predicted octanol–water partition coefficient (Wildman–Crippen LogP) is 3.84. The van der Waals surface area contributed by atoms with Crippen molar-refractivity contribution in [2.45, 2.75) is 32.2 Å². The molecule has 0 spiro atoms. The molecule has 0 bridgehead atoms. The molecule has 0 unspecified atom stereocenters. The van der Waals surface area contributed by atoms with Crippen molar-refractivity contribution in [3.05, 3.63) is 51.6 Å². The van der Waals surface area contributed by atoms with Crippen LogP contribution in [0.25, 0.3) is 0 Å². The number of amides is 1. The third-order valence-electron chi connectivity index (χ3n) is 4.80. The number of nitrogens with one attached hydrogen (secondary N) is 1. The Hall–Kier alpha value is -2.87. The minimum absolute atomic E-state index is 0.124. The number of nitrogens with zero attached hydrogens (tertiary/aromatic N) is 3. The number of rotatable bonds is 7. The van der Waals surface area contributed by atoms with Crippen LogP contribution in [-0.4, -0.2) is 34.9 Å². The smallest absolute Gasteiger partial charge is 0.268 e. The molecule has 1 aliphatic carbocycles. The Morgan fingerprint density at radius 3 is 2.79 bits per heavy atom.